The molecule has 0 radical (unpaired) electrons. The van der Waals surface area contributed by atoms with Crippen LogP contribution < -0.4 is 10.6 Å². The molecule has 0 spiro atoms. The Morgan fingerprint density at radius 1 is 0.882 bits per heavy atom. The summed E-state index contributed by atoms with van der Waals surface area (Å²) in [7, 11) is 0. The van der Waals surface area contributed by atoms with Gasteiger partial charge in [0.2, 0.25) is 5.91 Å². The Balaban J connectivity index is 1.68. The molecule has 3 amide bonds. The van der Waals surface area contributed by atoms with E-state index in [4.69, 9.17) is 9.84 Å². The molecule has 0 saturated carbocycles. The van der Waals surface area contributed by atoms with Gasteiger partial charge in [-0.1, -0.05) is 60.7 Å². The van der Waals surface area contributed by atoms with Crippen LogP contribution in [0.15, 0.2) is 60.7 Å². The standard InChI is InChI=1S/C26H33N3O5/c30-24(31)14-13-22(12-11-20-7-3-1-4-8-20)27-25(32)23(19-21-9-5-2-6-10-21)28-26(33)29-15-17-34-18-16-29/h1-10,22-23H,11-19H2,(H,27,32)(H,28,33)(H,30,31)/t22-,23?/m0/s1. The number of amides is 3. The Hall–Kier alpha value is -3.39. The third kappa shape index (κ3) is 8.51. The third-order valence-electron chi connectivity index (χ3n) is 5.87. The molecular formula is C26H33N3O5. The van der Waals surface area contributed by atoms with Gasteiger partial charge in [0.15, 0.2) is 0 Å². The minimum absolute atomic E-state index is 0.0385. The van der Waals surface area contributed by atoms with Crippen LogP contribution in [-0.4, -0.2) is 66.3 Å². The van der Waals surface area contributed by atoms with E-state index in [-0.39, 0.29) is 24.4 Å². The quantitative estimate of drug-likeness (QED) is 0.471. The average Bonchev–Trinajstić information content (AvgIpc) is 2.86. The number of nitrogens with one attached hydrogen (secondary N) is 2. The van der Waals surface area contributed by atoms with Crippen molar-refractivity contribution in [2.45, 2.75) is 44.2 Å². The lowest BCUT2D eigenvalue weighted by Gasteiger charge is -2.30. The first kappa shape index (κ1) is 25.2. The van der Waals surface area contributed by atoms with Crippen molar-refractivity contribution < 1.29 is 24.2 Å². The molecular weight excluding hydrogens is 434 g/mol. The maximum atomic E-state index is 13.3. The van der Waals surface area contributed by atoms with Gasteiger partial charge in [-0.15, -0.1) is 0 Å². The van der Waals surface area contributed by atoms with Crippen molar-refractivity contribution in [2.75, 3.05) is 26.3 Å². The first-order chi connectivity index (χ1) is 16.5. The number of carboxylic acid groups (broad SMARTS) is 1. The van der Waals surface area contributed by atoms with Crippen molar-refractivity contribution in [3.63, 3.8) is 0 Å². The number of rotatable bonds is 11. The highest BCUT2D eigenvalue weighted by Crippen LogP contribution is 2.11. The lowest BCUT2D eigenvalue weighted by molar-refractivity contribution is -0.137. The van der Waals surface area contributed by atoms with E-state index < -0.39 is 12.0 Å². The Morgan fingerprint density at radius 2 is 1.50 bits per heavy atom. The number of carbonyl (C=O) groups excluding carboxylic acids is 2. The minimum atomic E-state index is -0.902. The molecule has 3 N–H and O–H groups in total. The van der Waals surface area contributed by atoms with Crippen molar-refractivity contribution in [2.24, 2.45) is 0 Å². The highest BCUT2D eigenvalue weighted by atomic mass is 16.5. The van der Waals surface area contributed by atoms with Crippen molar-refractivity contribution in [1.29, 1.82) is 0 Å². The SMILES string of the molecule is O=C(O)CC[C@H](CCc1ccccc1)NC(=O)C(Cc1ccccc1)NC(=O)N1CCOCC1. The van der Waals surface area contributed by atoms with E-state index in [9.17, 15) is 14.4 Å². The Bertz CT molecular complexity index is 917. The molecule has 3 rings (SSSR count). The van der Waals surface area contributed by atoms with E-state index in [2.05, 4.69) is 10.6 Å². The molecule has 1 unspecified atom stereocenters. The first-order valence-electron chi connectivity index (χ1n) is 11.7. The van der Waals surface area contributed by atoms with E-state index in [1.165, 1.54) is 0 Å². The lowest BCUT2D eigenvalue weighted by atomic mass is 10.00. The fraction of sp³-hybridized carbons (Fsp3) is 0.423. The smallest absolute Gasteiger partial charge is 0.318 e. The van der Waals surface area contributed by atoms with Gasteiger partial charge >= 0.3 is 12.0 Å². The van der Waals surface area contributed by atoms with E-state index in [1.807, 2.05) is 60.7 Å². The molecule has 182 valence electrons. The predicted molar refractivity (Wildman–Crippen MR) is 128 cm³/mol. The Morgan fingerprint density at radius 3 is 2.12 bits per heavy atom. The lowest BCUT2D eigenvalue weighted by Crippen LogP contribution is -2.55. The third-order valence-corrected chi connectivity index (χ3v) is 5.87. The van der Waals surface area contributed by atoms with Gasteiger partial charge in [0, 0.05) is 32.0 Å². The molecule has 2 aromatic rings. The van der Waals surface area contributed by atoms with Crippen LogP contribution in [0.1, 0.15) is 30.4 Å². The van der Waals surface area contributed by atoms with Crippen LogP contribution in [0.4, 0.5) is 4.79 Å². The average molecular weight is 468 g/mol. The molecule has 1 heterocycles. The molecule has 8 heteroatoms. The first-order valence-corrected chi connectivity index (χ1v) is 11.7. The summed E-state index contributed by atoms with van der Waals surface area (Å²) in [5.74, 6) is -1.21. The van der Waals surface area contributed by atoms with Crippen LogP contribution in [0, 0.1) is 0 Å². The molecule has 0 aromatic heterocycles. The number of hydrogen-bond acceptors (Lipinski definition) is 4. The van der Waals surface area contributed by atoms with Gasteiger partial charge in [-0.25, -0.2) is 4.79 Å². The predicted octanol–water partition coefficient (Wildman–Crippen LogP) is 2.62. The number of nitrogens with zero attached hydrogens (tertiary/aromatic N) is 1. The molecule has 1 aliphatic heterocycles. The second-order valence-corrected chi connectivity index (χ2v) is 8.45. The summed E-state index contributed by atoms with van der Waals surface area (Å²) in [4.78, 5) is 39.0. The van der Waals surface area contributed by atoms with Gasteiger partial charge in [0.25, 0.3) is 0 Å². The summed E-state index contributed by atoms with van der Waals surface area (Å²) in [6, 6.07) is 18.0. The molecule has 34 heavy (non-hydrogen) atoms. The molecule has 2 aromatic carbocycles. The largest absolute Gasteiger partial charge is 0.481 e. The van der Waals surface area contributed by atoms with Gasteiger partial charge in [0.1, 0.15) is 6.04 Å². The van der Waals surface area contributed by atoms with E-state index in [0.717, 1.165) is 17.5 Å². The number of carbonyl (C=O) groups is 3. The minimum Gasteiger partial charge on any atom is -0.481 e. The van der Waals surface area contributed by atoms with Crippen LogP contribution in [0.3, 0.4) is 0 Å². The number of morpholine rings is 1. The summed E-state index contributed by atoms with van der Waals surface area (Å²) in [6.45, 7) is 1.90. The molecule has 0 bridgehead atoms. The summed E-state index contributed by atoms with van der Waals surface area (Å²) >= 11 is 0. The van der Waals surface area contributed by atoms with Crippen molar-refractivity contribution in [1.82, 2.24) is 15.5 Å². The number of carboxylic acids is 1. The Kier molecular flexibility index (Phi) is 9.91. The molecule has 0 aliphatic carbocycles. The van der Waals surface area contributed by atoms with Crippen LogP contribution in [0.5, 0.6) is 0 Å². The second-order valence-electron chi connectivity index (χ2n) is 8.45. The van der Waals surface area contributed by atoms with Crippen LogP contribution in [-0.2, 0) is 27.2 Å². The van der Waals surface area contributed by atoms with Crippen molar-refractivity contribution >= 4 is 17.9 Å². The molecule has 2 atom stereocenters. The van der Waals surface area contributed by atoms with E-state index in [0.29, 0.717) is 45.6 Å². The number of benzene rings is 2. The fourth-order valence-corrected chi connectivity index (χ4v) is 3.94. The molecule has 1 fully saturated rings. The zero-order valence-corrected chi connectivity index (χ0v) is 19.3. The van der Waals surface area contributed by atoms with Gasteiger partial charge in [-0.05, 0) is 30.4 Å². The van der Waals surface area contributed by atoms with E-state index in [1.54, 1.807) is 4.90 Å². The molecule has 1 aliphatic rings. The van der Waals surface area contributed by atoms with Crippen molar-refractivity contribution in [3.05, 3.63) is 71.8 Å². The zero-order chi connectivity index (χ0) is 24.2. The summed E-state index contributed by atoms with van der Waals surface area (Å²) in [6.07, 6.45) is 1.95. The normalized spacial score (nSPS) is 15.2. The van der Waals surface area contributed by atoms with Gasteiger partial charge in [-0.3, -0.25) is 9.59 Å². The topological polar surface area (TPSA) is 108 Å². The Labute approximate surface area is 200 Å². The van der Waals surface area contributed by atoms with E-state index >= 15 is 0 Å². The zero-order valence-electron chi connectivity index (χ0n) is 19.3. The maximum absolute atomic E-state index is 13.3. The highest BCUT2D eigenvalue weighted by Gasteiger charge is 2.27. The van der Waals surface area contributed by atoms with Gasteiger partial charge in [0.05, 0.1) is 13.2 Å². The van der Waals surface area contributed by atoms with Crippen LogP contribution in [0.25, 0.3) is 0 Å². The number of urea groups is 1. The number of aryl methyl sites for hydroxylation is 1. The van der Waals surface area contributed by atoms with Crippen LogP contribution in [0.2, 0.25) is 0 Å². The second kappa shape index (κ2) is 13.3. The number of aliphatic carboxylic acids is 1. The maximum Gasteiger partial charge on any atom is 0.318 e. The number of ether oxygens (including phenoxy) is 1. The summed E-state index contributed by atoms with van der Waals surface area (Å²) < 4.78 is 5.31. The summed E-state index contributed by atoms with van der Waals surface area (Å²) in [5, 5.41) is 15.1. The summed E-state index contributed by atoms with van der Waals surface area (Å²) in [5.41, 5.74) is 2.05. The van der Waals surface area contributed by atoms with Gasteiger partial charge in [-0.2, -0.15) is 0 Å². The highest BCUT2D eigenvalue weighted by molar-refractivity contribution is 5.87. The fourth-order valence-electron chi connectivity index (χ4n) is 3.94. The number of hydrogen-bond donors (Lipinski definition) is 3. The van der Waals surface area contributed by atoms with Gasteiger partial charge < -0.3 is 25.4 Å². The monoisotopic (exact) mass is 467 g/mol. The van der Waals surface area contributed by atoms with Crippen molar-refractivity contribution in [3.8, 4) is 0 Å². The molecule has 8 nitrogen and oxygen atoms in total. The molecule has 1 saturated heterocycles. The van der Waals surface area contributed by atoms with Crippen LogP contribution >= 0.6 is 0 Å².